The van der Waals surface area contributed by atoms with Crippen LogP contribution in [0.5, 0.6) is 0 Å². The predicted octanol–water partition coefficient (Wildman–Crippen LogP) is 1.90. The number of carbonyl (C=O) groups is 1. The van der Waals surface area contributed by atoms with Gasteiger partial charge in [-0.15, -0.1) is 0 Å². The Morgan fingerprint density at radius 3 is 2.43 bits per heavy atom. The monoisotopic (exact) mass is 200 g/mol. The van der Waals surface area contributed by atoms with E-state index in [4.69, 9.17) is 4.74 Å². The Morgan fingerprint density at radius 2 is 2.07 bits per heavy atom. The van der Waals surface area contributed by atoms with E-state index in [-0.39, 0.29) is 5.92 Å². The van der Waals surface area contributed by atoms with Crippen molar-refractivity contribution in [2.75, 3.05) is 6.61 Å². The van der Waals surface area contributed by atoms with Crippen LogP contribution in [0.4, 0.5) is 0 Å². The smallest absolute Gasteiger partial charge is 0.335 e. The van der Waals surface area contributed by atoms with Gasteiger partial charge >= 0.3 is 5.97 Å². The van der Waals surface area contributed by atoms with Crippen LogP contribution in [0.25, 0.3) is 0 Å². The molecular formula is C11H20O3. The Balaban J connectivity index is 4.37. The second-order valence-corrected chi connectivity index (χ2v) is 3.20. The summed E-state index contributed by atoms with van der Waals surface area (Å²) in [5.74, 6) is -0.697. The number of hydrogen-bond donors (Lipinski definition) is 1. The third-order valence-electron chi connectivity index (χ3n) is 2.37. The van der Waals surface area contributed by atoms with Crippen molar-refractivity contribution in [3.8, 4) is 0 Å². The molecule has 0 saturated carbocycles. The molecule has 3 nitrogen and oxygen atoms in total. The van der Waals surface area contributed by atoms with Crippen LogP contribution in [-0.2, 0) is 9.53 Å². The van der Waals surface area contributed by atoms with Crippen molar-refractivity contribution < 1.29 is 14.6 Å². The van der Waals surface area contributed by atoms with Gasteiger partial charge in [0, 0.05) is 5.92 Å². The molecule has 0 aromatic carbocycles. The number of rotatable bonds is 5. The number of carbonyl (C=O) groups excluding carboxylic acids is 1. The predicted molar refractivity (Wildman–Crippen MR) is 55.9 cm³/mol. The molecule has 0 aliphatic heterocycles. The van der Waals surface area contributed by atoms with Gasteiger partial charge in [0.2, 0.25) is 0 Å². The molecule has 0 aromatic rings. The van der Waals surface area contributed by atoms with Crippen molar-refractivity contribution in [1.82, 2.24) is 0 Å². The van der Waals surface area contributed by atoms with Crippen LogP contribution in [0.2, 0.25) is 0 Å². The summed E-state index contributed by atoms with van der Waals surface area (Å²) in [6.07, 6.45) is 1.74. The van der Waals surface area contributed by atoms with Gasteiger partial charge in [-0.2, -0.15) is 0 Å². The topological polar surface area (TPSA) is 46.5 Å². The largest absolute Gasteiger partial charge is 0.464 e. The van der Waals surface area contributed by atoms with Gasteiger partial charge in [0.25, 0.3) is 0 Å². The fourth-order valence-electron chi connectivity index (χ4n) is 1.42. The fraction of sp³-hybridized carbons (Fsp3) is 0.727. The molecule has 82 valence electrons. The number of ether oxygens (including phenoxy) is 1. The standard InChI is InChI=1S/C11H20O3/c1-5-9(6-2)8(4)10(12)11(13)14-7-3/h5,8,10,12H,6-7H2,1-4H3/b9-5-/t8-,10-/m1/s1. The summed E-state index contributed by atoms with van der Waals surface area (Å²) in [6.45, 7) is 7.78. The van der Waals surface area contributed by atoms with Gasteiger partial charge in [-0.05, 0) is 20.3 Å². The van der Waals surface area contributed by atoms with Crippen LogP contribution in [0.3, 0.4) is 0 Å². The highest BCUT2D eigenvalue weighted by Crippen LogP contribution is 2.18. The normalized spacial score (nSPS) is 16.2. The van der Waals surface area contributed by atoms with Crippen molar-refractivity contribution >= 4 is 5.97 Å². The molecule has 0 unspecified atom stereocenters. The fourth-order valence-corrected chi connectivity index (χ4v) is 1.42. The Morgan fingerprint density at radius 1 is 1.50 bits per heavy atom. The van der Waals surface area contributed by atoms with E-state index in [1.165, 1.54) is 0 Å². The molecule has 0 amide bonds. The van der Waals surface area contributed by atoms with E-state index in [0.29, 0.717) is 6.61 Å². The lowest BCUT2D eigenvalue weighted by Crippen LogP contribution is -2.30. The maximum absolute atomic E-state index is 11.2. The molecule has 1 N–H and O–H groups in total. The van der Waals surface area contributed by atoms with Crippen molar-refractivity contribution in [3.05, 3.63) is 11.6 Å². The van der Waals surface area contributed by atoms with Gasteiger partial charge in [0.1, 0.15) is 0 Å². The second kappa shape index (κ2) is 6.60. The average molecular weight is 200 g/mol. The highest BCUT2D eigenvalue weighted by molar-refractivity contribution is 5.75. The lowest BCUT2D eigenvalue weighted by atomic mass is 9.93. The first-order valence-electron chi connectivity index (χ1n) is 5.08. The van der Waals surface area contributed by atoms with Gasteiger partial charge in [0.05, 0.1) is 6.61 Å². The average Bonchev–Trinajstić information content (AvgIpc) is 2.18. The van der Waals surface area contributed by atoms with Gasteiger partial charge in [-0.1, -0.05) is 25.5 Å². The zero-order valence-electron chi connectivity index (χ0n) is 9.41. The van der Waals surface area contributed by atoms with E-state index in [9.17, 15) is 9.90 Å². The molecule has 0 saturated heterocycles. The van der Waals surface area contributed by atoms with E-state index in [0.717, 1.165) is 12.0 Å². The minimum atomic E-state index is -1.04. The second-order valence-electron chi connectivity index (χ2n) is 3.20. The number of esters is 1. The summed E-state index contributed by atoms with van der Waals surface area (Å²) in [5.41, 5.74) is 1.07. The number of aliphatic hydroxyl groups is 1. The maximum Gasteiger partial charge on any atom is 0.335 e. The lowest BCUT2D eigenvalue weighted by molar-refractivity contribution is -0.154. The molecule has 3 heteroatoms. The summed E-state index contributed by atoms with van der Waals surface area (Å²) in [5, 5.41) is 9.63. The number of aliphatic hydroxyl groups excluding tert-OH is 1. The van der Waals surface area contributed by atoms with Crippen LogP contribution in [0.15, 0.2) is 11.6 Å². The molecule has 0 aliphatic carbocycles. The van der Waals surface area contributed by atoms with Crippen molar-refractivity contribution in [3.63, 3.8) is 0 Å². The first-order chi connectivity index (χ1) is 6.58. The quantitative estimate of drug-likeness (QED) is 0.544. The number of hydrogen-bond acceptors (Lipinski definition) is 3. The molecule has 0 bridgehead atoms. The highest BCUT2D eigenvalue weighted by atomic mass is 16.5. The Labute approximate surface area is 85.8 Å². The molecule has 0 heterocycles. The van der Waals surface area contributed by atoms with E-state index in [2.05, 4.69) is 0 Å². The van der Waals surface area contributed by atoms with Crippen molar-refractivity contribution in [2.24, 2.45) is 5.92 Å². The molecule has 0 rings (SSSR count). The van der Waals surface area contributed by atoms with E-state index in [1.54, 1.807) is 6.92 Å². The van der Waals surface area contributed by atoms with E-state index < -0.39 is 12.1 Å². The highest BCUT2D eigenvalue weighted by Gasteiger charge is 2.25. The van der Waals surface area contributed by atoms with Crippen molar-refractivity contribution in [1.29, 1.82) is 0 Å². The molecule has 0 aromatic heterocycles. The van der Waals surface area contributed by atoms with Crippen LogP contribution in [-0.4, -0.2) is 23.8 Å². The van der Waals surface area contributed by atoms with Crippen LogP contribution in [0, 0.1) is 5.92 Å². The Bertz CT molecular complexity index is 209. The van der Waals surface area contributed by atoms with Crippen LogP contribution < -0.4 is 0 Å². The minimum Gasteiger partial charge on any atom is -0.464 e. The van der Waals surface area contributed by atoms with Crippen LogP contribution >= 0.6 is 0 Å². The maximum atomic E-state index is 11.2. The third-order valence-corrected chi connectivity index (χ3v) is 2.37. The van der Waals surface area contributed by atoms with E-state index in [1.807, 2.05) is 26.8 Å². The zero-order chi connectivity index (χ0) is 11.1. The van der Waals surface area contributed by atoms with Gasteiger partial charge < -0.3 is 9.84 Å². The van der Waals surface area contributed by atoms with Gasteiger partial charge in [-0.3, -0.25) is 0 Å². The Kier molecular flexibility index (Phi) is 6.21. The van der Waals surface area contributed by atoms with Crippen LogP contribution in [0.1, 0.15) is 34.1 Å². The molecule has 0 aliphatic rings. The third kappa shape index (κ3) is 3.50. The number of allylic oxidation sites excluding steroid dienone is 1. The Hall–Kier alpha value is -0.830. The van der Waals surface area contributed by atoms with E-state index >= 15 is 0 Å². The zero-order valence-corrected chi connectivity index (χ0v) is 9.41. The molecule has 0 radical (unpaired) electrons. The van der Waals surface area contributed by atoms with Crippen molar-refractivity contribution in [2.45, 2.75) is 40.2 Å². The first kappa shape index (κ1) is 13.2. The molecular weight excluding hydrogens is 180 g/mol. The minimum absolute atomic E-state index is 0.163. The first-order valence-corrected chi connectivity index (χ1v) is 5.08. The molecule has 0 spiro atoms. The SMILES string of the molecule is C/C=C(/CC)[C@@H](C)[C@@H](O)C(=O)OCC. The molecule has 2 atom stereocenters. The van der Waals surface area contributed by atoms with Gasteiger partial charge in [0.15, 0.2) is 6.10 Å². The summed E-state index contributed by atoms with van der Waals surface area (Å²) in [4.78, 5) is 11.2. The molecule has 0 fully saturated rings. The summed E-state index contributed by atoms with van der Waals surface area (Å²) >= 11 is 0. The summed E-state index contributed by atoms with van der Waals surface area (Å²) in [7, 11) is 0. The van der Waals surface area contributed by atoms with Gasteiger partial charge in [-0.25, -0.2) is 4.79 Å². The summed E-state index contributed by atoms with van der Waals surface area (Å²) in [6, 6.07) is 0. The summed E-state index contributed by atoms with van der Waals surface area (Å²) < 4.78 is 4.75. The molecule has 14 heavy (non-hydrogen) atoms. The lowest BCUT2D eigenvalue weighted by Gasteiger charge is -2.19.